The van der Waals surface area contributed by atoms with Crippen molar-refractivity contribution in [3.05, 3.63) is 0 Å². The minimum absolute atomic E-state index is 0.0361. The third kappa shape index (κ3) is 3.65. The summed E-state index contributed by atoms with van der Waals surface area (Å²) in [6, 6.07) is 0. The van der Waals surface area contributed by atoms with Gasteiger partial charge in [-0.3, -0.25) is 0 Å². The zero-order valence-corrected chi connectivity index (χ0v) is 15.4. The Balaban J connectivity index is 1.58. The largest absolute Gasteiger partial charge is 0.395 e. The Bertz CT molecular complexity index is 435. The van der Waals surface area contributed by atoms with Crippen LogP contribution in [0.2, 0.25) is 0 Å². The summed E-state index contributed by atoms with van der Waals surface area (Å²) in [7, 11) is 0. The van der Waals surface area contributed by atoms with Gasteiger partial charge in [-0.05, 0) is 50.4 Å². The van der Waals surface area contributed by atoms with Gasteiger partial charge in [0.15, 0.2) is 0 Å². The standard InChI is InChI=1S/C20H36N2O2/c1-19-9-7-17(13-16-5-3-2-4-6-16)14-20(19,23)10-8-18(19)15-22-24-12-11-21/h15-18,23H,2-14,21H2,1H3/t17-,18-,19-,20+/m1/s1. The van der Waals surface area contributed by atoms with Gasteiger partial charge in [0.05, 0.1) is 5.60 Å². The predicted molar refractivity (Wildman–Crippen MR) is 97.8 cm³/mol. The Morgan fingerprint density at radius 3 is 2.67 bits per heavy atom. The maximum absolute atomic E-state index is 11.4. The molecule has 3 fully saturated rings. The van der Waals surface area contributed by atoms with Gasteiger partial charge < -0.3 is 15.7 Å². The quantitative estimate of drug-likeness (QED) is 0.439. The first-order chi connectivity index (χ1) is 11.6. The topological polar surface area (TPSA) is 67.8 Å². The molecule has 4 nitrogen and oxygen atoms in total. The van der Waals surface area contributed by atoms with Crippen LogP contribution in [0.3, 0.4) is 0 Å². The fourth-order valence-corrected chi connectivity index (χ4v) is 5.74. The average molecular weight is 337 g/mol. The van der Waals surface area contributed by atoms with E-state index >= 15 is 0 Å². The number of oxime groups is 1. The van der Waals surface area contributed by atoms with Crippen LogP contribution < -0.4 is 5.73 Å². The predicted octanol–water partition coefficient (Wildman–Crippen LogP) is 3.87. The normalized spacial score (nSPS) is 40.8. The van der Waals surface area contributed by atoms with Crippen LogP contribution in [0.25, 0.3) is 0 Å². The number of nitrogens with zero attached hydrogens (tertiary/aromatic N) is 1. The van der Waals surface area contributed by atoms with Crippen molar-refractivity contribution in [2.75, 3.05) is 13.2 Å². The summed E-state index contributed by atoms with van der Waals surface area (Å²) in [6.07, 6.45) is 15.7. The van der Waals surface area contributed by atoms with E-state index < -0.39 is 5.60 Å². The van der Waals surface area contributed by atoms with E-state index in [0.717, 1.165) is 37.5 Å². The molecule has 24 heavy (non-hydrogen) atoms. The van der Waals surface area contributed by atoms with Gasteiger partial charge in [0, 0.05) is 24.1 Å². The first-order valence-electron chi connectivity index (χ1n) is 10.2. The van der Waals surface area contributed by atoms with Gasteiger partial charge in [-0.15, -0.1) is 0 Å². The van der Waals surface area contributed by atoms with Crippen molar-refractivity contribution in [3.8, 4) is 0 Å². The summed E-state index contributed by atoms with van der Waals surface area (Å²) in [5.74, 6) is 1.96. The van der Waals surface area contributed by atoms with E-state index in [4.69, 9.17) is 10.6 Å². The molecule has 4 heteroatoms. The lowest BCUT2D eigenvalue weighted by molar-refractivity contribution is -0.109. The van der Waals surface area contributed by atoms with Gasteiger partial charge in [0.1, 0.15) is 6.61 Å². The van der Waals surface area contributed by atoms with E-state index in [1.54, 1.807) is 0 Å². The Kier molecular flexibility index (Phi) is 5.86. The molecule has 0 bridgehead atoms. The SMILES string of the molecule is C[C@]12CC[C@H](CC3CCCCC3)C[C@@]1(O)CC[C@@H]2C=NOCCN. The van der Waals surface area contributed by atoms with Crippen LogP contribution in [0.1, 0.15) is 77.6 Å². The molecule has 0 amide bonds. The molecule has 0 aromatic carbocycles. The fourth-order valence-electron chi connectivity index (χ4n) is 5.74. The van der Waals surface area contributed by atoms with E-state index in [0.29, 0.717) is 19.1 Å². The summed E-state index contributed by atoms with van der Waals surface area (Å²) < 4.78 is 0. The van der Waals surface area contributed by atoms with Crippen molar-refractivity contribution in [2.45, 2.75) is 83.2 Å². The van der Waals surface area contributed by atoms with Crippen molar-refractivity contribution < 1.29 is 9.94 Å². The van der Waals surface area contributed by atoms with Crippen molar-refractivity contribution in [2.24, 2.45) is 34.1 Å². The van der Waals surface area contributed by atoms with Crippen LogP contribution in [0.5, 0.6) is 0 Å². The number of nitrogens with two attached hydrogens (primary N) is 1. The second-order valence-corrected chi connectivity index (χ2v) is 8.82. The highest BCUT2D eigenvalue weighted by Gasteiger charge is 2.58. The zero-order chi connectivity index (χ0) is 17.0. The van der Waals surface area contributed by atoms with Gasteiger partial charge in [-0.25, -0.2) is 0 Å². The Morgan fingerprint density at radius 2 is 1.92 bits per heavy atom. The van der Waals surface area contributed by atoms with Crippen LogP contribution in [0.4, 0.5) is 0 Å². The van der Waals surface area contributed by atoms with Crippen molar-refractivity contribution in [1.29, 1.82) is 0 Å². The molecule has 0 aliphatic heterocycles. The fraction of sp³-hybridized carbons (Fsp3) is 0.950. The van der Waals surface area contributed by atoms with Crippen LogP contribution in [-0.2, 0) is 4.84 Å². The summed E-state index contributed by atoms with van der Waals surface area (Å²) in [6.45, 7) is 3.23. The minimum atomic E-state index is -0.505. The second-order valence-electron chi connectivity index (χ2n) is 8.82. The maximum Gasteiger partial charge on any atom is 0.129 e. The molecule has 138 valence electrons. The highest BCUT2D eigenvalue weighted by Crippen LogP contribution is 2.59. The highest BCUT2D eigenvalue weighted by atomic mass is 16.6. The first kappa shape index (κ1) is 18.2. The number of rotatable bonds is 6. The Labute approximate surface area is 147 Å². The van der Waals surface area contributed by atoms with Crippen LogP contribution >= 0.6 is 0 Å². The second kappa shape index (κ2) is 7.74. The zero-order valence-electron chi connectivity index (χ0n) is 15.4. The smallest absolute Gasteiger partial charge is 0.129 e. The first-order valence-corrected chi connectivity index (χ1v) is 10.2. The van der Waals surface area contributed by atoms with E-state index in [2.05, 4.69) is 12.1 Å². The maximum atomic E-state index is 11.4. The van der Waals surface area contributed by atoms with Gasteiger partial charge in [-0.2, -0.15) is 0 Å². The van der Waals surface area contributed by atoms with Gasteiger partial charge >= 0.3 is 0 Å². The summed E-state index contributed by atoms with van der Waals surface area (Å²) >= 11 is 0. The lowest BCUT2D eigenvalue weighted by Crippen LogP contribution is -2.50. The Hall–Kier alpha value is -0.610. The molecule has 0 unspecified atom stereocenters. The third-order valence-electron chi connectivity index (χ3n) is 7.36. The molecule has 0 spiro atoms. The molecule has 3 rings (SSSR count). The average Bonchev–Trinajstić information content (AvgIpc) is 2.84. The summed E-state index contributed by atoms with van der Waals surface area (Å²) in [5.41, 5.74) is 4.89. The third-order valence-corrected chi connectivity index (χ3v) is 7.36. The Morgan fingerprint density at radius 1 is 1.12 bits per heavy atom. The molecule has 0 aromatic heterocycles. The van der Waals surface area contributed by atoms with Crippen molar-refractivity contribution in [1.82, 2.24) is 0 Å². The lowest BCUT2D eigenvalue weighted by atomic mass is 9.59. The molecule has 3 saturated carbocycles. The number of hydrogen-bond acceptors (Lipinski definition) is 4. The molecule has 0 aromatic rings. The van der Waals surface area contributed by atoms with E-state index in [1.807, 2.05) is 6.21 Å². The van der Waals surface area contributed by atoms with Crippen molar-refractivity contribution in [3.63, 3.8) is 0 Å². The molecule has 3 N–H and O–H groups in total. The highest BCUT2D eigenvalue weighted by molar-refractivity contribution is 5.62. The van der Waals surface area contributed by atoms with Gasteiger partial charge in [-0.1, -0.05) is 44.2 Å². The molecule has 3 aliphatic carbocycles. The molecule has 0 heterocycles. The summed E-state index contributed by atoms with van der Waals surface area (Å²) in [4.78, 5) is 5.19. The van der Waals surface area contributed by atoms with Gasteiger partial charge in [0.2, 0.25) is 0 Å². The van der Waals surface area contributed by atoms with Crippen LogP contribution in [-0.4, -0.2) is 30.1 Å². The monoisotopic (exact) mass is 336 g/mol. The number of fused-ring (bicyclic) bond motifs is 1. The lowest BCUT2D eigenvalue weighted by Gasteiger charge is -2.49. The molecule has 0 radical (unpaired) electrons. The van der Waals surface area contributed by atoms with E-state index in [-0.39, 0.29) is 5.41 Å². The van der Waals surface area contributed by atoms with Crippen molar-refractivity contribution >= 4 is 6.21 Å². The van der Waals surface area contributed by atoms with Gasteiger partial charge in [0.25, 0.3) is 0 Å². The van der Waals surface area contributed by atoms with Crippen LogP contribution in [0, 0.1) is 23.2 Å². The minimum Gasteiger partial charge on any atom is -0.395 e. The van der Waals surface area contributed by atoms with E-state index in [9.17, 15) is 5.11 Å². The summed E-state index contributed by atoms with van der Waals surface area (Å²) in [5, 5.41) is 15.5. The molecular weight excluding hydrogens is 300 g/mol. The molecule has 4 atom stereocenters. The molecule has 3 aliphatic rings. The van der Waals surface area contributed by atoms with E-state index in [1.165, 1.54) is 44.9 Å². The molecule has 0 saturated heterocycles. The molecular formula is C20H36N2O2. The number of aliphatic hydroxyl groups is 1. The number of hydrogen-bond donors (Lipinski definition) is 2. The van der Waals surface area contributed by atoms with Crippen LogP contribution in [0.15, 0.2) is 5.16 Å².